The van der Waals surface area contributed by atoms with Gasteiger partial charge in [0.2, 0.25) is 5.91 Å². The van der Waals surface area contributed by atoms with Crippen molar-refractivity contribution in [3.05, 3.63) is 36.0 Å². The number of nitrogens with one attached hydrogen (secondary N) is 2. The maximum atomic E-state index is 12.4. The van der Waals surface area contributed by atoms with Crippen LogP contribution in [0, 0.1) is 0 Å². The van der Waals surface area contributed by atoms with Crippen LogP contribution < -0.4 is 11.1 Å². The third-order valence-corrected chi connectivity index (χ3v) is 3.84. The van der Waals surface area contributed by atoms with Crippen LogP contribution in [0.15, 0.2) is 30.5 Å². The summed E-state index contributed by atoms with van der Waals surface area (Å²) in [6, 6.07) is 5.37. The third kappa shape index (κ3) is 5.82. The van der Waals surface area contributed by atoms with Crippen LogP contribution >= 0.6 is 0 Å². The molecule has 0 aliphatic rings. The Morgan fingerprint density at radius 2 is 1.93 bits per heavy atom. The van der Waals surface area contributed by atoms with Gasteiger partial charge in [0, 0.05) is 17.1 Å². The van der Waals surface area contributed by atoms with Crippen molar-refractivity contribution < 1.29 is 24.2 Å². The predicted molar refractivity (Wildman–Crippen MR) is 100 cm³/mol. The van der Waals surface area contributed by atoms with E-state index in [0.29, 0.717) is 0 Å². The van der Waals surface area contributed by atoms with Crippen LogP contribution in [0.2, 0.25) is 0 Å². The first-order valence-corrected chi connectivity index (χ1v) is 8.62. The van der Waals surface area contributed by atoms with E-state index >= 15 is 0 Å². The largest absolute Gasteiger partial charge is 0.481 e. The highest BCUT2D eigenvalue weighted by atomic mass is 16.6. The standard InChI is InChI=1S/C19H25N3O5/c1-19(2,3)27-18(26)15(9-16(23)24)22-17(25)13(20)8-11-10-21-14-7-5-4-6-12(11)14/h4-7,10,13,15,21H,8-9,20H2,1-3H3,(H,22,25)(H,23,24)/t13-,15-/m0/s1. The van der Waals surface area contributed by atoms with Crippen LogP contribution in [0.1, 0.15) is 32.8 Å². The number of fused-ring (bicyclic) bond motifs is 1. The number of nitrogens with two attached hydrogens (primary N) is 1. The molecule has 2 atom stereocenters. The quantitative estimate of drug-likeness (QED) is 0.540. The van der Waals surface area contributed by atoms with Crippen molar-refractivity contribution in [3.63, 3.8) is 0 Å². The first-order chi connectivity index (χ1) is 12.6. The number of esters is 1. The second-order valence-corrected chi connectivity index (χ2v) is 7.36. The van der Waals surface area contributed by atoms with Crippen molar-refractivity contribution in [2.45, 2.75) is 51.3 Å². The van der Waals surface area contributed by atoms with E-state index in [4.69, 9.17) is 15.6 Å². The number of hydrogen-bond donors (Lipinski definition) is 4. The van der Waals surface area contributed by atoms with Crippen molar-refractivity contribution in [2.75, 3.05) is 0 Å². The Labute approximate surface area is 157 Å². The summed E-state index contributed by atoms with van der Waals surface area (Å²) in [5.41, 5.74) is 6.97. The highest BCUT2D eigenvalue weighted by Gasteiger charge is 2.30. The molecular formula is C19H25N3O5. The molecule has 27 heavy (non-hydrogen) atoms. The minimum atomic E-state index is -1.30. The van der Waals surface area contributed by atoms with Gasteiger partial charge in [0.15, 0.2) is 0 Å². The number of para-hydroxylation sites is 1. The molecule has 1 aromatic carbocycles. The van der Waals surface area contributed by atoms with Gasteiger partial charge in [0.05, 0.1) is 12.5 Å². The molecule has 0 bridgehead atoms. The number of ether oxygens (including phenoxy) is 1. The smallest absolute Gasteiger partial charge is 0.329 e. The highest BCUT2D eigenvalue weighted by molar-refractivity contribution is 5.91. The lowest BCUT2D eigenvalue weighted by Gasteiger charge is -2.24. The van der Waals surface area contributed by atoms with Crippen molar-refractivity contribution in [1.29, 1.82) is 0 Å². The zero-order valence-corrected chi connectivity index (χ0v) is 15.6. The monoisotopic (exact) mass is 375 g/mol. The van der Waals surface area contributed by atoms with Gasteiger partial charge in [-0.05, 0) is 38.8 Å². The summed E-state index contributed by atoms with van der Waals surface area (Å²) >= 11 is 0. The van der Waals surface area contributed by atoms with E-state index in [9.17, 15) is 14.4 Å². The zero-order valence-electron chi connectivity index (χ0n) is 15.6. The fourth-order valence-electron chi connectivity index (χ4n) is 2.65. The molecule has 0 saturated carbocycles. The lowest BCUT2D eigenvalue weighted by Crippen LogP contribution is -2.51. The Bertz CT molecular complexity index is 837. The van der Waals surface area contributed by atoms with Gasteiger partial charge < -0.3 is 25.9 Å². The van der Waals surface area contributed by atoms with Gasteiger partial charge in [0.1, 0.15) is 11.6 Å². The summed E-state index contributed by atoms with van der Waals surface area (Å²) in [7, 11) is 0. The molecule has 0 aliphatic carbocycles. The summed E-state index contributed by atoms with van der Waals surface area (Å²) in [6.45, 7) is 4.98. The fraction of sp³-hybridized carbons (Fsp3) is 0.421. The maximum Gasteiger partial charge on any atom is 0.329 e. The van der Waals surface area contributed by atoms with E-state index in [1.165, 1.54) is 0 Å². The first kappa shape index (κ1) is 20.4. The number of H-pyrrole nitrogens is 1. The van der Waals surface area contributed by atoms with Crippen molar-refractivity contribution in [2.24, 2.45) is 5.73 Å². The Morgan fingerprint density at radius 3 is 2.56 bits per heavy atom. The van der Waals surface area contributed by atoms with Crippen molar-refractivity contribution in [1.82, 2.24) is 10.3 Å². The normalized spacial score (nSPS) is 13.8. The molecule has 0 aliphatic heterocycles. The van der Waals surface area contributed by atoms with E-state index in [2.05, 4.69) is 10.3 Å². The summed E-state index contributed by atoms with van der Waals surface area (Å²) < 4.78 is 5.18. The van der Waals surface area contributed by atoms with Crippen molar-refractivity contribution >= 4 is 28.7 Å². The predicted octanol–water partition coefficient (Wildman–Crippen LogP) is 1.34. The molecule has 1 aromatic heterocycles. The number of aromatic nitrogens is 1. The van der Waals surface area contributed by atoms with Gasteiger partial charge in [-0.3, -0.25) is 9.59 Å². The average Bonchev–Trinajstić information content (AvgIpc) is 2.95. The minimum Gasteiger partial charge on any atom is -0.481 e. The Balaban J connectivity index is 2.06. The molecule has 1 heterocycles. The molecule has 0 saturated heterocycles. The number of rotatable bonds is 7. The Kier molecular flexibility index (Phi) is 6.22. The molecule has 2 rings (SSSR count). The maximum absolute atomic E-state index is 12.4. The van der Waals surface area contributed by atoms with Crippen LogP contribution in [0.5, 0.6) is 0 Å². The molecule has 8 heteroatoms. The molecule has 0 spiro atoms. The molecule has 5 N–H and O–H groups in total. The lowest BCUT2D eigenvalue weighted by atomic mass is 10.0. The number of aliphatic carboxylic acids is 1. The minimum absolute atomic E-state index is 0.240. The second-order valence-electron chi connectivity index (χ2n) is 7.36. The molecule has 2 aromatic rings. The SMILES string of the molecule is CC(C)(C)OC(=O)[C@H](CC(=O)O)NC(=O)[C@@H](N)Cc1c[nH]c2ccccc12. The Hall–Kier alpha value is -2.87. The lowest BCUT2D eigenvalue weighted by molar-refractivity contribution is -0.161. The van der Waals surface area contributed by atoms with E-state index in [1.54, 1.807) is 27.0 Å². The summed E-state index contributed by atoms with van der Waals surface area (Å²) in [4.78, 5) is 38.8. The summed E-state index contributed by atoms with van der Waals surface area (Å²) in [5.74, 6) is -2.65. The van der Waals surface area contributed by atoms with E-state index in [-0.39, 0.29) is 6.42 Å². The molecule has 0 unspecified atom stereocenters. The molecule has 0 radical (unpaired) electrons. The number of aromatic amines is 1. The van der Waals surface area contributed by atoms with E-state index in [0.717, 1.165) is 16.5 Å². The first-order valence-electron chi connectivity index (χ1n) is 8.62. The zero-order chi connectivity index (χ0) is 20.2. The number of carboxylic acids is 1. The molecular weight excluding hydrogens is 350 g/mol. The van der Waals surface area contributed by atoms with E-state index < -0.39 is 42.0 Å². The highest BCUT2D eigenvalue weighted by Crippen LogP contribution is 2.19. The van der Waals surface area contributed by atoms with Crippen LogP contribution in [0.3, 0.4) is 0 Å². The average molecular weight is 375 g/mol. The third-order valence-electron chi connectivity index (χ3n) is 3.84. The van der Waals surface area contributed by atoms with Gasteiger partial charge in [0.25, 0.3) is 0 Å². The molecule has 0 fully saturated rings. The van der Waals surface area contributed by atoms with Crippen LogP contribution in [0.4, 0.5) is 0 Å². The van der Waals surface area contributed by atoms with Gasteiger partial charge in [-0.15, -0.1) is 0 Å². The number of carbonyl (C=O) groups excluding carboxylic acids is 2. The van der Waals surface area contributed by atoms with Crippen molar-refractivity contribution in [3.8, 4) is 0 Å². The van der Waals surface area contributed by atoms with Crippen LogP contribution in [0.25, 0.3) is 10.9 Å². The van der Waals surface area contributed by atoms with Gasteiger partial charge in [-0.1, -0.05) is 18.2 Å². The number of carbonyl (C=O) groups is 3. The Morgan fingerprint density at radius 1 is 1.26 bits per heavy atom. The topological polar surface area (TPSA) is 135 Å². The molecule has 1 amide bonds. The summed E-state index contributed by atoms with van der Waals surface area (Å²) in [5, 5.41) is 12.4. The number of hydrogen-bond acceptors (Lipinski definition) is 5. The van der Waals surface area contributed by atoms with E-state index in [1.807, 2.05) is 24.3 Å². The fourth-order valence-corrected chi connectivity index (χ4v) is 2.65. The van der Waals surface area contributed by atoms with Gasteiger partial charge >= 0.3 is 11.9 Å². The number of amides is 1. The number of carboxylic acid groups (broad SMARTS) is 1. The second kappa shape index (κ2) is 8.22. The summed E-state index contributed by atoms with van der Waals surface area (Å²) in [6.07, 6.45) is 1.44. The van der Waals surface area contributed by atoms with Gasteiger partial charge in [-0.25, -0.2) is 4.79 Å². The van der Waals surface area contributed by atoms with Crippen LogP contribution in [-0.2, 0) is 25.5 Å². The number of benzene rings is 1. The van der Waals surface area contributed by atoms with Gasteiger partial charge in [-0.2, -0.15) is 0 Å². The molecule has 146 valence electrons. The van der Waals surface area contributed by atoms with Crippen LogP contribution in [-0.4, -0.2) is 45.6 Å². The molecule has 8 nitrogen and oxygen atoms in total.